The average Bonchev–Trinajstić information content (AvgIpc) is 2.32. The molecule has 4 heteroatoms. The molecule has 0 aromatic heterocycles. The molecule has 1 atom stereocenters. The molecule has 0 aliphatic carbocycles. The molecule has 2 aromatic carbocycles. The van der Waals surface area contributed by atoms with Gasteiger partial charge >= 0.3 is 0 Å². The lowest BCUT2D eigenvalue weighted by molar-refractivity contribution is 0.624. The van der Waals surface area contributed by atoms with Crippen LogP contribution in [-0.4, -0.2) is 6.04 Å². The number of benzene rings is 2. The SMILES string of the molecule is CC(N)Cc1ccc(Sc2cccc(F)c2)cc1Br. The van der Waals surface area contributed by atoms with Crippen molar-refractivity contribution in [1.82, 2.24) is 0 Å². The van der Waals surface area contributed by atoms with Crippen LogP contribution in [0.15, 0.2) is 56.7 Å². The quantitative estimate of drug-likeness (QED) is 0.878. The first-order chi connectivity index (χ1) is 9.04. The molecule has 0 bridgehead atoms. The van der Waals surface area contributed by atoms with Crippen LogP contribution in [0, 0.1) is 5.82 Å². The van der Waals surface area contributed by atoms with Gasteiger partial charge in [-0.2, -0.15) is 0 Å². The fraction of sp³-hybridized carbons (Fsp3) is 0.200. The van der Waals surface area contributed by atoms with Crippen LogP contribution in [0.2, 0.25) is 0 Å². The first kappa shape index (κ1) is 14.6. The maximum absolute atomic E-state index is 13.1. The van der Waals surface area contributed by atoms with E-state index in [1.54, 1.807) is 17.8 Å². The van der Waals surface area contributed by atoms with Gasteiger partial charge in [0.1, 0.15) is 5.82 Å². The second-order valence-corrected chi connectivity index (χ2v) is 6.50. The summed E-state index contributed by atoms with van der Waals surface area (Å²) in [4.78, 5) is 1.97. The minimum atomic E-state index is -0.211. The number of nitrogens with two attached hydrogens (primary N) is 1. The van der Waals surface area contributed by atoms with Crippen LogP contribution < -0.4 is 5.73 Å². The molecule has 100 valence electrons. The van der Waals surface area contributed by atoms with Crippen molar-refractivity contribution in [3.05, 3.63) is 58.3 Å². The molecule has 2 rings (SSSR count). The zero-order chi connectivity index (χ0) is 13.8. The Morgan fingerprint density at radius 3 is 2.58 bits per heavy atom. The standard InChI is InChI=1S/C15H15BrFNS/c1-10(18)7-11-5-6-14(9-15(11)16)19-13-4-2-3-12(17)8-13/h2-6,8-10H,7,18H2,1H3. The van der Waals surface area contributed by atoms with E-state index < -0.39 is 0 Å². The summed E-state index contributed by atoms with van der Waals surface area (Å²) in [5.41, 5.74) is 7.00. The summed E-state index contributed by atoms with van der Waals surface area (Å²) in [6.07, 6.45) is 0.839. The molecule has 0 amide bonds. The summed E-state index contributed by atoms with van der Waals surface area (Å²) in [6.45, 7) is 1.99. The van der Waals surface area contributed by atoms with Gasteiger partial charge in [0.15, 0.2) is 0 Å². The molecule has 1 nitrogen and oxygen atoms in total. The minimum absolute atomic E-state index is 0.137. The van der Waals surface area contributed by atoms with Crippen LogP contribution in [-0.2, 0) is 6.42 Å². The lowest BCUT2D eigenvalue weighted by Gasteiger charge is -2.09. The van der Waals surface area contributed by atoms with Gasteiger partial charge in [-0.15, -0.1) is 0 Å². The topological polar surface area (TPSA) is 26.0 Å². The maximum Gasteiger partial charge on any atom is 0.124 e. The zero-order valence-corrected chi connectivity index (χ0v) is 13.0. The third-order valence-corrected chi connectivity index (χ3v) is 4.32. The zero-order valence-electron chi connectivity index (χ0n) is 10.6. The molecular weight excluding hydrogens is 325 g/mol. The number of hydrogen-bond acceptors (Lipinski definition) is 2. The summed E-state index contributed by atoms with van der Waals surface area (Å²) in [5.74, 6) is -0.211. The van der Waals surface area contributed by atoms with E-state index in [4.69, 9.17) is 5.73 Å². The molecule has 0 aliphatic heterocycles. The molecule has 0 saturated heterocycles. The Kier molecular flexibility index (Phi) is 5.02. The Balaban J connectivity index is 2.16. The highest BCUT2D eigenvalue weighted by Crippen LogP contribution is 2.31. The summed E-state index contributed by atoms with van der Waals surface area (Å²) in [6, 6.07) is 12.9. The van der Waals surface area contributed by atoms with E-state index in [2.05, 4.69) is 22.0 Å². The van der Waals surface area contributed by atoms with E-state index in [1.807, 2.05) is 25.1 Å². The number of rotatable bonds is 4. The van der Waals surface area contributed by atoms with Gasteiger partial charge in [0.25, 0.3) is 0 Å². The highest BCUT2D eigenvalue weighted by Gasteiger charge is 2.05. The van der Waals surface area contributed by atoms with Crippen LogP contribution in [0.5, 0.6) is 0 Å². The molecule has 0 radical (unpaired) electrons. The van der Waals surface area contributed by atoms with Crippen molar-refractivity contribution < 1.29 is 4.39 Å². The third-order valence-electron chi connectivity index (χ3n) is 2.60. The van der Waals surface area contributed by atoms with Gasteiger partial charge < -0.3 is 5.73 Å². The molecule has 2 N–H and O–H groups in total. The van der Waals surface area contributed by atoms with Crippen molar-refractivity contribution >= 4 is 27.7 Å². The average molecular weight is 340 g/mol. The van der Waals surface area contributed by atoms with E-state index in [-0.39, 0.29) is 11.9 Å². The molecule has 19 heavy (non-hydrogen) atoms. The van der Waals surface area contributed by atoms with Crippen molar-refractivity contribution in [2.75, 3.05) is 0 Å². The molecule has 1 unspecified atom stereocenters. The summed E-state index contributed by atoms with van der Waals surface area (Å²) >= 11 is 5.10. The van der Waals surface area contributed by atoms with Crippen molar-refractivity contribution in [1.29, 1.82) is 0 Å². The maximum atomic E-state index is 13.1. The lowest BCUT2D eigenvalue weighted by Crippen LogP contribution is -2.17. The van der Waals surface area contributed by atoms with Gasteiger partial charge in [-0.05, 0) is 49.2 Å². The fourth-order valence-corrected chi connectivity index (χ4v) is 3.37. The van der Waals surface area contributed by atoms with Crippen molar-refractivity contribution in [3.8, 4) is 0 Å². The molecule has 0 spiro atoms. The van der Waals surface area contributed by atoms with Crippen LogP contribution in [0.4, 0.5) is 4.39 Å². The largest absolute Gasteiger partial charge is 0.328 e. The van der Waals surface area contributed by atoms with Gasteiger partial charge in [-0.3, -0.25) is 0 Å². The van der Waals surface area contributed by atoms with Crippen molar-refractivity contribution in [3.63, 3.8) is 0 Å². The highest BCUT2D eigenvalue weighted by atomic mass is 79.9. The van der Waals surface area contributed by atoms with E-state index in [0.717, 1.165) is 20.7 Å². The Morgan fingerprint density at radius 1 is 1.21 bits per heavy atom. The molecule has 0 fully saturated rings. The predicted molar refractivity (Wildman–Crippen MR) is 82.0 cm³/mol. The Bertz CT molecular complexity index is 572. The monoisotopic (exact) mass is 339 g/mol. The fourth-order valence-electron chi connectivity index (χ4n) is 1.77. The van der Waals surface area contributed by atoms with E-state index >= 15 is 0 Å². The Hall–Kier alpha value is -0.840. The van der Waals surface area contributed by atoms with Gasteiger partial charge in [-0.25, -0.2) is 4.39 Å². The number of halogens is 2. The minimum Gasteiger partial charge on any atom is -0.328 e. The summed E-state index contributed by atoms with van der Waals surface area (Å²) in [7, 11) is 0. The Morgan fingerprint density at radius 2 is 1.95 bits per heavy atom. The molecule has 0 aliphatic rings. The van der Waals surface area contributed by atoms with Gasteiger partial charge in [0, 0.05) is 20.3 Å². The summed E-state index contributed by atoms with van der Waals surface area (Å²) < 4.78 is 14.2. The third kappa shape index (κ3) is 4.34. The van der Waals surface area contributed by atoms with Crippen molar-refractivity contribution in [2.24, 2.45) is 5.73 Å². The van der Waals surface area contributed by atoms with Crippen LogP contribution >= 0.6 is 27.7 Å². The molecule has 2 aromatic rings. The second kappa shape index (κ2) is 6.55. The molecule has 0 heterocycles. The first-order valence-electron chi connectivity index (χ1n) is 6.02. The Labute approximate surface area is 125 Å². The molecular formula is C15H15BrFNS. The smallest absolute Gasteiger partial charge is 0.124 e. The number of hydrogen-bond donors (Lipinski definition) is 1. The van der Waals surface area contributed by atoms with Crippen LogP contribution in [0.1, 0.15) is 12.5 Å². The van der Waals surface area contributed by atoms with Gasteiger partial charge in [-0.1, -0.05) is 39.8 Å². The van der Waals surface area contributed by atoms with Crippen molar-refractivity contribution in [2.45, 2.75) is 29.2 Å². The first-order valence-corrected chi connectivity index (χ1v) is 7.63. The van der Waals surface area contributed by atoms with Crippen LogP contribution in [0.3, 0.4) is 0 Å². The van der Waals surface area contributed by atoms with E-state index in [0.29, 0.717) is 0 Å². The predicted octanol–water partition coefficient (Wildman–Crippen LogP) is 4.63. The summed E-state index contributed by atoms with van der Waals surface area (Å²) in [5, 5.41) is 0. The highest BCUT2D eigenvalue weighted by molar-refractivity contribution is 9.10. The van der Waals surface area contributed by atoms with E-state index in [9.17, 15) is 4.39 Å². The molecule has 0 saturated carbocycles. The van der Waals surface area contributed by atoms with Gasteiger partial charge in [0.05, 0.1) is 0 Å². The normalized spacial score (nSPS) is 12.4. The van der Waals surface area contributed by atoms with Crippen LogP contribution in [0.25, 0.3) is 0 Å². The second-order valence-electron chi connectivity index (χ2n) is 4.49. The van der Waals surface area contributed by atoms with E-state index in [1.165, 1.54) is 17.7 Å². The van der Waals surface area contributed by atoms with Gasteiger partial charge in [0.2, 0.25) is 0 Å². The lowest BCUT2D eigenvalue weighted by atomic mass is 10.1.